The number of nitrogens with one attached hydrogen (secondary N) is 1. The van der Waals surface area contributed by atoms with Gasteiger partial charge in [0.2, 0.25) is 10.0 Å². The number of hydrogen-bond donors (Lipinski definition) is 2. The van der Waals surface area contributed by atoms with Crippen LogP contribution in [0.5, 0.6) is 5.75 Å². The van der Waals surface area contributed by atoms with Gasteiger partial charge < -0.3 is 10.4 Å². The van der Waals surface area contributed by atoms with Crippen LogP contribution in [0.2, 0.25) is 0 Å². The highest BCUT2D eigenvalue weighted by Gasteiger charge is 2.24. The van der Waals surface area contributed by atoms with E-state index in [1.54, 1.807) is 0 Å². The minimum atomic E-state index is -3.10. The number of piperidine rings is 1. The molecule has 2 N–H and O–H groups in total. The first-order chi connectivity index (χ1) is 9.34. The summed E-state index contributed by atoms with van der Waals surface area (Å²) in [4.78, 5) is 0. The van der Waals surface area contributed by atoms with Crippen molar-refractivity contribution in [1.82, 2.24) is 9.62 Å². The number of phenols is 1. The zero-order valence-electron chi connectivity index (χ0n) is 11.3. The molecule has 0 amide bonds. The standard InChI is InChI=1S/C13H19FN2O3S/c1-20(18,19)16-4-2-12(3-5-16)15-9-10-6-11(14)8-13(17)7-10/h6-8,12,15,17H,2-5,9H2,1H3. The van der Waals surface area contributed by atoms with Crippen molar-refractivity contribution >= 4 is 10.0 Å². The molecule has 0 unspecified atom stereocenters. The molecule has 1 saturated heterocycles. The van der Waals surface area contributed by atoms with E-state index in [4.69, 9.17) is 0 Å². The predicted molar refractivity (Wildman–Crippen MR) is 74.3 cm³/mol. The molecule has 0 aromatic heterocycles. The van der Waals surface area contributed by atoms with E-state index in [-0.39, 0.29) is 11.8 Å². The zero-order chi connectivity index (χ0) is 14.8. The number of phenolic OH excluding ortho intramolecular Hbond substituents is 1. The van der Waals surface area contributed by atoms with E-state index >= 15 is 0 Å². The Balaban J connectivity index is 1.84. The van der Waals surface area contributed by atoms with E-state index in [0.29, 0.717) is 25.2 Å². The van der Waals surface area contributed by atoms with E-state index in [1.165, 1.54) is 22.7 Å². The predicted octanol–water partition coefficient (Wildman–Crippen LogP) is 1.04. The summed E-state index contributed by atoms with van der Waals surface area (Å²) in [5.41, 5.74) is 0.674. The summed E-state index contributed by atoms with van der Waals surface area (Å²) in [6.45, 7) is 1.46. The first-order valence-corrected chi connectivity index (χ1v) is 8.36. The summed E-state index contributed by atoms with van der Waals surface area (Å²) in [6.07, 6.45) is 2.68. The van der Waals surface area contributed by atoms with Crippen LogP contribution in [0.15, 0.2) is 18.2 Å². The largest absolute Gasteiger partial charge is 0.508 e. The molecule has 0 aliphatic carbocycles. The first kappa shape index (κ1) is 15.2. The summed E-state index contributed by atoms with van der Waals surface area (Å²) in [5.74, 6) is -0.553. The minimum Gasteiger partial charge on any atom is -0.508 e. The van der Waals surface area contributed by atoms with Gasteiger partial charge in [-0.1, -0.05) is 0 Å². The Morgan fingerprint density at radius 1 is 1.35 bits per heavy atom. The van der Waals surface area contributed by atoms with Gasteiger partial charge in [0.05, 0.1) is 6.26 Å². The van der Waals surface area contributed by atoms with E-state index in [1.807, 2.05) is 0 Å². The van der Waals surface area contributed by atoms with Crippen LogP contribution in [0.4, 0.5) is 4.39 Å². The van der Waals surface area contributed by atoms with Crippen LogP contribution < -0.4 is 5.32 Å². The lowest BCUT2D eigenvalue weighted by Crippen LogP contribution is -2.44. The van der Waals surface area contributed by atoms with Gasteiger partial charge in [-0.3, -0.25) is 0 Å². The second-order valence-electron chi connectivity index (χ2n) is 5.13. The molecular weight excluding hydrogens is 283 g/mol. The molecule has 0 radical (unpaired) electrons. The molecule has 5 nitrogen and oxygen atoms in total. The molecule has 112 valence electrons. The van der Waals surface area contributed by atoms with E-state index in [9.17, 15) is 17.9 Å². The third-order valence-electron chi connectivity index (χ3n) is 3.46. The van der Waals surface area contributed by atoms with Crippen LogP contribution in [-0.2, 0) is 16.6 Å². The molecule has 1 heterocycles. The molecule has 1 aromatic carbocycles. The Bertz CT molecular complexity index is 549. The van der Waals surface area contributed by atoms with Gasteiger partial charge in [-0.2, -0.15) is 0 Å². The van der Waals surface area contributed by atoms with Gasteiger partial charge in [0.25, 0.3) is 0 Å². The van der Waals surface area contributed by atoms with Crippen LogP contribution in [0.25, 0.3) is 0 Å². The van der Waals surface area contributed by atoms with Crippen molar-refractivity contribution in [3.63, 3.8) is 0 Å². The minimum absolute atomic E-state index is 0.0892. The molecule has 0 bridgehead atoms. The smallest absolute Gasteiger partial charge is 0.211 e. The fourth-order valence-electron chi connectivity index (χ4n) is 2.39. The molecule has 20 heavy (non-hydrogen) atoms. The van der Waals surface area contributed by atoms with Crippen molar-refractivity contribution in [2.24, 2.45) is 0 Å². The second-order valence-corrected chi connectivity index (χ2v) is 7.12. The Hall–Kier alpha value is -1.18. The molecule has 0 saturated carbocycles. The maximum Gasteiger partial charge on any atom is 0.211 e. The summed E-state index contributed by atoms with van der Waals surface area (Å²) in [6, 6.07) is 4.16. The van der Waals surface area contributed by atoms with Crippen LogP contribution >= 0.6 is 0 Å². The van der Waals surface area contributed by atoms with Gasteiger partial charge in [-0.25, -0.2) is 17.1 Å². The Kier molecular flexibility index (Phi) is 4.62. The van der Waals surface area contributed by atoms with E-state index in [0.717, 1.165) is 18.9 Å². The summed E-state index contributed by atoms with van der Waals surface area (Å²) in [7, 11) is -3.10. The van der Waals surface area contributed by atoms with Crippen molar-refractivity contribution in [2.45, 2.75) is 25.4 Å². The molecule has 1 fully saturated rings. The van der Waals surface area contributed by atoms with Crippen LogP contribution in [0, 0.1) is 5.82 Å². The Morgan fingerprint density at radius 2 is 2.00 bits per heavy atom. The highest BCUT2D eigenvalue weighted by Crippen LogP contribution is 2.16. The van der Waals surface area contributed by atoms with Crippen molar-refractivity contribution in [3.8, 4) is 5.75 Å². The number of halogens is 1. The van der Waals surface area contributed by atoms with Gasteiger partial charge >= 0.3 is 0 Å². The van der Waals surface area contributed by atoms with Crippen LogP contribution in [-0.4, -0.2) is 43.2 Å². The average molecular weight is 302 g/mol. The fourth-order valence-corrected chi connectivity index (χ4v) is 3.26. The molecule has 7 heteroatoms. The summed E-state index contributed by atoms with van der Waals surface area (Å²) < 4.78 is 37.4. The van der Waals surface area contributed by atoms with Crippen molar-refractivity contribution in [3.05, 3.63) is 29.6 Å². The highest BCUT2D eigenvalue weighted by molar-refractivity contribution is 7.88. The monoisotopic (exact) mass is 302 g/mol. The number of benzene rings is 1. The SMILES string of the molecule is CS(=O)(=O)N1CCC(NCc2cc(O)cc(F)c2)CC1. The van der Waals surface area contributed by atoms with E-state index < -0.39 is 15.8 Å². The topological polar surface area (TPSA) is 69.6 Å². The average Bonchev–Trinajstić information content (AvgIpc) is 2.35. The highest BCUT2D eigenvalue weighted by atomic mass is 32.2. The Labute approximate surface area is 118 Å². The first-order valence-electron chi connectivity index (χ1n) is 6.51. The summed E-state index contributed by atoms with van der Waals surface area (Å²) >= 11 is 0. The maximum absolute atomic E-state index is 13.1. The number of hydrogen-bond acceptors (Lipinski definition) is 4. The van der Waals surface area contributed by atoms with Crippen LogP contribution in [0.1, 0.15) is 18.4 Å². The van der Waals surface area contributed by atoms with Gasteiger partial charge in [-0.15, -0.1) is 0 Å². The molecule has 1 aromatic rings. The Morgan fingerprint density at radius 3 is 2.55 bits per heavy atom. The second kappa shape index (κ2) is 6.07. The number of sulfonamides is 1. The molecule has 1 aliphatic rings. The molecule has 1 aliphatic heterocycles. The quantitative estimate of drug-likeness (QED) is 0.872. The lowest BCUT2D eigenvalue weighted by Gasteiger charge is -2.30. The molecule has 0 atom stereocenters. The van der Waals surface area contributed by atoms with Crippen molar-refractivity contribution < 1.29 is 17.9 Å². The number of aromatic hydroxyl groups is 1. The van der Waals surface area contributed by atoms with Gasteiger partial charge in [0.1, 0.15) is 11.6 Å². The molecule has 0 spiro atoms. The van der Waals surface area contributed by atoms with Gasteiger partial charge in [-0.05, 0) is 30.5 Å². The molecule has 2 rings (SSSR count). The maximum atomic E-state index is 13.1. The van der Waals surface area contributed by atoms with Gasteiger partial charge in [0, 0.05) is 31.7 Å². The van der Waals surface area contributed by atoms with Gasteiger partial charge in [0.15, 0.2) is 0 Å². The number of rotatable bonds is 4. The number of nitrogens with zero attached hydrogens (tertiary/aromatic N) is 1. The normalized spacial score (nSPS) is 18.3. The van der Waals surface area contributed by atoms with E-state index in [2.05, 4.69) is 5.32 Å². The lowest BCUT2D eigenvalue weighted by atomic mass is 10.1. The third-order valence-corrected chi connectivity index (χ3v) is 4.76. The molecular formula is C13H19FN2O3S. The van der Waals surface area contributed by atoms with Crippen LogP contribution in [0.3, 0.4) is 0 Å². The zero-order valence-corrected chi connectivity index (χ0v) is 12.2. The van der Waals surface area contributed by atoms with Crippen molar-refractivity contribution in [2.75, 3.05) is 19.3 Å². The third kappa shape index (κ3) is 4.16. The van der Waals surface area contributed by atoms with Crippen molar-refractivity contribution in [1.29, 1.82) is 0 Å². The fraction of sp³-hybridized carbons (Fsp3) is 0.538. The lowest BCUT2D eigenvalue weighted by molar-refractivity contribution is 0.290. The summed E-state index contributed by atoms with van der Waals surface area (Å²) in [5, 5.41) is 12.6.